The van der Waals surface area contributed by atoms with Crippen molar-refractivity contribution >= 4 is 21.8 Å². The first-order valence-electron chi connectivity index (χ1n) is 6.07. The molecule has 1 atom stereocenters. The van der Waals surface area contributed by atoms with Crippen LogP contribution in [0.5, 0.6) is 0 Å². The number of morpholine rings is 1. The van der Waals surface area contributed by atoms with E-state index in [1.807, 2.05) is 18.7 Å². The second kappa shape index (κ2) is 7.43. The Labute approximate surface area is 117 Å². The van der Waals surface area contributed by atoms with Crippen molar-refractivity contribution in [3.63, 3.8) is 0 Å². The molecule has 0 aromatic carbocycles. The number of hydrogen-bond donors (Lipinski definition) is 0. The van der Waals surface area contributed by atoms with Crippen molar-refractivity contribution in [2.45, 2.75) is 25.6 Å². The van der Waals surface area contributed by atoms with Crippen LogP contribution in [0.4, 0.5) is 0 Å². The van der Waals surface area contributed by atoms with Crippen LogP contribution in [0.25, 0.3) is 0 Å². The number of carbonyl (C=O) groups is 1. The number of carbonyl (C=O) groups excluding carboxylic acids is 1. The Balaban J connectivity index is 2.41. The van der Waals surface area contributed by atoms with Gasteiger partial charge in [-0.3, -0.25) is 4.79 Å². The van der Waals surface area contributed by atoms with Crippen LogP contribution >= 0.6 is 15.9 Å². The smallest absolute Gasteiger partial charge is 0.248 e. The molecule has 0 N–H and O–H groups in total. The topological polar surface area (TPSA) is 48.0 Å². The fraction of sp³-hybridized carbons (Fsp3) is 0.917. The summed E-state index contributed by atoms with van der Waals surface area (Å²) in [4.78, 5) is 13.8. The van der Waals surface area contributed by atoms with E-state index < -0.39 is 0 Å². The molecule has 18 heavy (non-hydrogen) atoms. The highest BCUT2D eigenvalue weighted by Crippen LogP contribution is 2.22. The first-order chi connectivity index (χ1) is 8.48. The van der Waals surface area contributed by atoms with E-state index in [-0.39, 0.29) is 24.2 Å². The van der Waals surface area contributed by atoms with Gasteiger partial charge in [-0.1, -0.05) is 15.9 Å². The summed E-state index contributed by atoms with van der Waals surface area (Å²) in [5.74, 6) is 0.00780. The van der Waals surface area contributed by atoms with E-state index in [1.54, 1.807) is 7.11 Å². The molecule has 0 spiro atoms. The van der Waals surface area contributed by atoms with Crippen molar-refractivity contribution in [2.75, 3.05) is 45.4 Å². The third kappa shape index (κ3) is 5.22. The van der Waals surface area contributed by atoms with Crippen molar-refractivity contribution in [1.29, 1.82) is 0 Å². The van der Waals surface area contributed by atoms with Crippen LogP contribution in [0.2, 0.25) is 0 Å². The molecule has 0 saturated carbocycles. The number of ether oxygens (including phenoxy) is 3. The van der Waals surface area contributed by atoms with Crippen molar-refractivity contribution in [1.82, 2.24) is 4.90 Å². The predicted octanol–water partition coefficient (Wildman–Crippen LogP) is 1.05. The average Bonchev–Trinajstić information content (AvgIpc) is 2.32. The van der Waals surface area contributed by atoms with Gasteiger partial charge in [0.1, 0.15) is 6.61 Å². The Hall–Kier alpha value is -0.170. The fourth-order valence-electron chi connectivity index (χ4n) is 1.96. The first-order valence-corrected chi connectivity index (χ1v) is 7.19. The number of halogens is 1. The van der Waals surface area contributed by atoms with E-state index in [0.717, 1.165) is 5.33 Å². The fourth-order valence-corrected chi connectivity index (χ4v) is 2.30. The lowest BCUT2D eigenvalue weighted by molar-refractivity contribution is -0.161. The molecule has 1 saturated heterocycles. The second-order valence-corrected chi connectivity index (χ2v) is 5.62. The van der Waals surface area contributed by atoms with Gasteiger partial charge < -0.3 is 19.1 Å². The lowest BCUT2D eigenvalue weighted by atomic mass is 10.1. The zero-order valence-corrected chi connectivity index (χ0v) is 12.9. The molecule has 0 aromatic heterocycles. The summed E-state index contributed by atoms with van der Waals surface area (Å²) in [5.41, 5.74) is -0.307. The van der Waals surface area contributed by atoms with Crippen molar-refractivity contribution < 1.29 is 19.0 Å². The molecule has 1 unspecified atom stereocenters. The van der Waals surface area contributed by atoms with Crippen molar-refractivity contribution in [3.05, 3.63) is 0 Å². The highest BCUT2D eigenvalue weighted by atomic mass is 79.9. The van der Waals surface area contributed by atoms with E-state index >= 15 is 0 Å². The molecule has 5 nitrogen and oxygen atoms in total. The zero-order chi connectivity index (χ0) is 13.6. The summed E-state index contributed by atoms with van der Waals surface area (Å²) < 4.78 is 16.0. The van der Waals surface area contributed by atoms with Gasteiger partial charge in [-0.15, -0.1) is 0 Å². The summed E-state index contributed by atoms with van der Waals surface area (Å²) in [6.07, 6.45) is 0.0386. The summed E-state index contributed by atoms with van der Waals surface area (Å²) >= 11 is 3.40. The van der Waals surface area contributed by atoms with Crippen LogP contribution in [0.15, 0.2) is 0 Å². The Morgan fingerprint density at radius 2 is 2.22 bits per heavy atom. The van der Waals surface area contributed by atoms with Gasteiger partial charge in [0, 0.05) is 25.5 Å². The standard InChI is InChI=1S/C12H22BrNO4/c1-12(2)9-14(7-10(6-13)18-12)11(15)8-17-5-4-16-3/h10H,4-9H2,1-3H3. The normalized spacial score (nSPS) is 23.1. The van der Waals surface area contributed by atoms with Gasteiger partial charge in [-0.05, 0) is 13.8 Å². The summed E-state index contributed by atoms with van der Waals surface area (Å²) in [5, 5.41) is 0.727. The quantitative estimate of drug-likeness (QED) is 0.541. The zero-order valence-electron chi connectivity index (χ0n) is 11.3. The summed E-state index contributed by atoms with van der Waals surface area (Å²) in [6, 6.07) is 0. The average molecular weight is 324 g/mol. The van der Waals surface area contributed by atoms with Crippen LogP contribution in [-0.4, -0.2) is 67.9 Å². The van der Waals surface area contributed by atoms with Gasteiger partial charge in [-0.2, -0.15) is 0 Å². The minimum absolute atomic E-state index is 0.00780. The Morgan fingerprint density at radius 3 is 2.83 bits per heavy atom. The maximum absolute atomic E-state index is 12.0. The Bertz CT molecular complexity index is 273. The molecule has 1 amide bonds. The number of amides is 1. The SMILES string of the molecule is COCCOCC(=O)N1CC(CBr)OC(C)(C)C1. The molecule has 1 aliphatic heterocycles. The Kier molecular flexibility index (Phi) is 6.55. The highest BCUT2D eigenvalue weighted by Gasteiger charge is 2.34. The molecular weight excluding hydrogens is 302 g/mol. The maximum atomic E-state index is 12.0. The molecule has 1 fully saturated rings. The van der Waals surface area contributed by atoms with Crippen molar-refractivity contribution in [2.24, 2.45) is 0 Å². The number of nitrogens with zero attached hydrogens (tertiary/aromatic N) is 1. The summed E-state index contributed by atoms with van der Waals surface area (Å²) in [7, 11) is 1.61. The lowest BCUT2D eigenvalue weighted by Gasteiger charge is -2.42. The number of rotatable bonds is 6. The third-order valence-electron chi connectivity index (χ3n) is 2.66. The number of methoxy groups -OCH3 is 1. The molecule has 0 aromatic rings. The van der Waals surface area contributed by atoms with Crippen molar-refractivity contribution in [3.8, 4) is 0 Å². The van der Waals surface area contributed by atoms with Gasteiger partial charge in [0.25, 0.3) is 0 Å². The molecule has 1 rings (SSSR count). The molecular formula is C12H22BrNO4. The largest absolute Gasteiger partial charge is 0.382 e. The van der Waals surface area contributed by atoms with Crippen LogP contribution in [0.1, 0.15) is 13.8 Å². The monoisotopic (exact) mass is 323 g/mol. The van der Waals surface area contributed by atoms with Crippen LogP contribution in [0, 0.1) is 0 Å². The molecule has 0 radical (unpaired) electrons. The molecule has 106 valence electrons. The Morgan fingerprint density at radius 1 is 1.50 bits per heavy atom. The van der Waals surface area contributed by atoms with Gasteiger partial charge >= 0.3 is 0 Å². The van der Waals surface area contributed by atoms with E-state index in [9.17, 15) is 4.79 Å². The molecule has 0 aliphatic carbocycles. The third-order valence-corrected chi connectivity index (χ3v) is 3.39. The van der Waals surface area contributed by atoms with E-state index in [1.165, 1.54) is 0 Å². The minimum atomic E-state index is -0.307. The molecule has 6 heteroatoms. The highest BCUT2D eigenvalue weighted by molar-refractivity contribution is 9.09. The minimum Gasteiger partial charge on any atom is -0.382 e. The van der Waals surface area contributed by atoms with E-state index in [0.29, 0.717) is 26.3 Å². The predicted molar refractivity (Wildman–Crippen MR) is 72.0 cm³/mol. The maximum Gasteiger partial charge on any atom is 0.248 e. The van der Waals surface area contributed by atoms with Gasteiger partial charge in [0.05, 0.1) is 24.9 Å². The van der Waals surface area contributed by atoms with Gasteiger partial charge in [-0.25, -0.2) is 0 Å². The van der Waals surface area contributed by atoms with Crippen LogP contribution < -0.4 is 0 Å². The first kappa shape index (κ1) is 15.9. The van der Waals surface area contributed by atoms with Gasteiger partial charge in [0.15, 0.2) is 0 Å². The molecule has 1 aliphatic rings. The lowest BCUT2D eigenvalue weighted by Crippen LogP contribution is -2.55. The van der Waals surface area contributed by atoms with Crippen LogP contribution in [0.3, 0.4) is 0 Å². The van der Waals surface area contributed by atoms with Gasteiger partial charge in [0.2, 0.25) is 5.91 Å². The molecule has 0 bridgehead atoms. The summed E-state index contributed by atoms with van der Waals surface area (Å²) in [6.45, 7) is 6.25. The molecule has 1 heterocycles. The number of alkyl halides is 1. The number of hydrogen-bond acceptors (Lipinski definition) is 4. The second-order valence-electron chi connectivity index (χ2n) is 4.97. The van der Waals surface area contributed by atoms with Crippen LogP contribution in [-0.2, 0) is 19.0 Å². The van der Waals surface area contributed by atoms with E-state index in [2.05, 4.69) is 15.9 Å². The van der Waals surface area contributed by atoms with E-state index in [4.69, 9.17) is 14.2 Å².